The topological polar surface area (TPSA) is 32.3 Å². The Morgan fingerprint density at radius 3 is 2.78 bits per heavy atom. The van der Waals surface area contributed by atoms with Crippen molar-refractivity contribution in [2.75, 3.05) is 19.6 Å². The number of likely N-dealkylation sites (tertiary alicyclic amines) is 1. The smallest absolute Gasteiger partial charge is 0.226 e. The molecule has 2 heterocycles. The zero-order chi connectivity index (χ0) is 16.0. The van der Waals surface area contributed by atoms with Gasteiger partial charge in [0.05, 0.1) is 6.04 Å². The standard InChI is InChI=1S/C19H25FN2O/c1-13-10-17(14-4-2-3-5-16(14)20)22(12-13)18(23)15-11-19(15)6-8-21-9-7-19/h2-5,13,15,17,21H,6-12H2,1H3. The van der Waals surface area contributed by atoms with Crippen LogP contribution in [-0.4, -0.2) is 30.4 Å². The molecule has 2 saturated heterocycles. The van der Waals surface area contributed by atoms with E-state index in [9.17, 15) is 9.18 Å². The lowest BCUT2D eigenvalue weighted by Crippen LogP contribution is -2.36. The number of halogens is 1. The maximum absolute atomic E-state index is 14.2. The van der Waals surface area contributed by atoms with Crippen LogP contribution in [-0.2, 0) is 4.79 Å². The molecule has 3 fully saturated rings. The summed E-state index contributed by atoms with van der Waals surface area (Å²) < 4.78 is 14.2. The summed E-state index contributed by atoms with van der Waals surface area (Å²) in [5.41, 5.74) is 0.929. The second-order valence-corrected chi connectivity index (χ2v) is 7.74. The Labute approximate surface area is 137 Å². The van der Waals surface area contributed by atoms with Gasteiger partial charge in [-0.3, -0.25) is 4.79 Å². The molecule has 1 aliphatic carbocycles. The Bertz CT molecular complexity index is 611. The van der Waals surface area contributed by atoms with Crippen molar-refractivity contribution in [3.8, 4) is 0 Å². The number of benzene rings is 1. The summed E-state index contributed by atoms with van der Waals surface area (Å²) in [7, 11) is 0. The number of nitrogens with zero attached hydrogens (tertiary/aromatic N) is 1. The third-order valence-corrected chi connectivity index (χ3v) is 6.14. The van der Waals surface area contributed by atoms with E-state index < -0.39 is 0 Å². The fourth-order valence-electron chi connectivity index (χ4n) is 4.70. The minimum absolute atomic E-state index is 0.0851. The van der Waals surface area contributed by atoms with Gasteiger partial charge in [-0.1, -0.05) is 25.1 Å². The minimum Gasteiger partial charge on any atom is -0.335 e. The van der Waals surface area contributed by atoms with Crippen molar-refractivity contribution in [1.82, 2.24) is 10.2 Å². The Hall–Kier alpha value is -1.42. The van der Waals surface area contributed by atoms with Gasteiger partial charge in [0.2, 0.25) is 5.91 Å². The van der Waals surface area contributed by atoms with Crippen LogP contribution in [0.1, 0.15) is 44.2 Å². The van der Waals surface area contributed by atoms with Gasteiger partial charge in [-0.05, 0) is 56.2 Å². The van der Waals surface area contributed by atoms with Gasteiger partial charge in [-0.2, -0.15) is 0 Å². The normalized spacial score (nSPS) is 32.3. The number of carbonyl (C=O) groups excluding carboxylic acids is 1. The first-order valence-corrected chi connectivity index (χ1v) is 8.86. The van der Waals surface area contributed by atoms with Crippen LogP contribution in [0.2, 0.25) is 0 Å². The largest absolute Gasteiger partial charge is 0.335 e. The molecule has 0 bridgehead atoms. The van der Waals surface area contributed by atoms with Crippen LogP contribution in [0.25, 0.3) is 0 Å². The van der Waals surface area contributed by atoms with Crippen molar-refractivity contribution >= 4 is 5.91 Å². The maximum Gasteiger partial charge on any atom is 0.226 e. The molecule has 1 spiro atoms. The highest BCUT2D eigenvalue weighted by Gasteiger charge is 2.59. The lowest BCUT2D eigenvalue weighted by atomic mass is 9.91. The molecule has 3 nitrogen and oxygen atoms in total. The molecule has 1 aromatic carbocycles. The Kier molecular flexibility index (Phi) is 3.67. The number of carbonyl (C=O) groups is 1. The molecule has 3 aliphatic rings. The van der Waals surface area contributed by atoms with Gasteiger partial charge in [-0.15, -0.1) is 0 Å². The second-order valence-electron chi connectivity index (χ2n) is 7.74. The quantitative estimate of drug-likeness (QED) is 0.909. The Balaban J connectivity index is 1.55. The average Bonchev–Trinajstić information content (AvgIpc) is 3.09. The van der Waals surface area contributed by atoms with E-state index >= 15 is 0 Å². The van der Waals surface area contributed by atoms with Crippen LogP contribution in [0.3, 0.4) is 0 Å². The predicted molar refractivity (Wildman–Crippen MR) is 87.3 cm³/mol. The van der Waals surface area contributed by atoms with E-state index in [2.05, 4.69) is 12.2 Å². The molecule has 3 unspecified atom stereocenters. The van der Waals surface area contributed by atoms with Crippen molar-refractivity contribution in [1.29, 1.82) is 0 Å². The zero-order valence-electron chi connectivity index (χ0n) is 13.7. The number of hydrogen-bond acceptors (Lipinski definition) is 2. The molecule has 23 heavy (non-hydrogen) atoms. The van der Waals surface area contributed by atoms with E-state index in [4.69, 9.17) is 0 Å². The van der Waals surface area contributed by atoms with Crippen LogP contribution < -0.4 is 5.32 Å². The summed E-state index contributed by atoms with van der Waals surface area (Å²) in [6, 6.07) is 6.85. The fourth-order valence-corrected chi connectivity index (χ4v) is 4.70. The maximum atomic E-state index is 14.2. The van der Waals surface area contributed by atoms with Crippen LogP contribution in [0.4, 0.5) is 4.39 Å². The van der Waals surface area contributed by atoms with Gasteiger partial charge in [0.1, 0.15) is 5.82 Å². The minimum atomic E-state index is -0.184. The van der Waals surface area contributed by atoms with E-state index in [1.165, 1.54) is 6.07 Å². The Morgan fingerprint density at radius 2 is 2.04 bits per heavy atom. The molecule has 124 valence electrons. The van der Waals surface area contributed by atoms with Crippen molar-refractivity contribution in [3.05, 3.63) is 35.6 Å². The van der Waals surface area contributed by atoms with Crippen LogP contribution in [0, 0.1) is 23.1 Å². The molecule has 4 heteroatoms. The van der Waals surface area contributed by atoms with Gasteiger partial charge in [-0.25, -0.2) is 4.39 Å². The highest BCUT2D eigenvalue weighted by atomic mass is 19.1. The third-order valence-electron chi connectivity index (χ3n) is 6.14. The molecule has 1 N–H and O–H groups in total. The van der Waals surface area contributed by atoms with E-state index in [-0.39, 0.29) is 29.1 Å². The number of amides is 1. The van der Waals surface area contributed by atoms with Crippen LogP contribution in [0.5, 0.6) is 0 Å². The van der Waals surface area contributed by atoms with Crippen LogP contribution >= 0.6 is 0 Å². The molecule has 1 saturated carbocycles. The van der Waals surface area contributed by atoms with Crippen molar-refractivity contribution in [3.63, 3.8) is 0 Å². The monoisotopic (exact) mass is 316 g/mol. The van der Waals surface area contributed by atoms with Gasteiger partial charge in [0.25, 0.3) is 0 Å². The molecule has 1 aromatic rings. The lowest BCUT2D eigenvalue weighted by Gasteiger charge is -2.28. The molecule has 3 atom stereocenters. The second kappa shape index (κ2) is 5.59. The molecular weight excluding hydrogens is 291 g/mol. The van der Waals surface area contributed by atoms with Crippen molar-refractivity contribution in [2.24, 2.45) is 17.3 Å². The molecule has 2 aliphatic heterocycles. The first-order valence-electron chi connectivity index (χ1n) is 8.86. The van der Waals surface area contributed by atoms with E-state index in [1.807, 2.05) is 17.0 Å². The molecule has 4 rings (SSSR count). The van der Waals surface area contributed by atoms with Gasteiger partial charge in [0, 0.05) is 18.0 Å². The van der Waals surface area contributed by atoms with E-state index in [1.54, 1.807) is 6.07 Å². The van der Waals surface area contributed by atoms with Gasteiger partial charge in [0.15, 0.2) is 0 Å². The van der Waals surface area contributed by atoms with Crippen molar-refractivity contribution in [2.45, 2.75) is 38.6 Å². The highest BCUT2D eigenvalue weighted by Crippen LogP contribution is 2.60. The van der Waals surface area contributed by atoms with Gasteiger partial charge < -0.3 is 10.2 Å². The average molecular weight is 316 g/mol. The predicted octanol–water partition coefficient (Wildman–Crippen LogP) is 3.12. The van der Waals surface area contributed by atoms with Crippen LogP contribution in [0.15, 0.2) is 24.3 Å². The summed E-state index contributed by atoms with van der Waals surface area (Å²) in [5, 5.41) is 3.38. The summed E-state index contributed by atoms with van der Waals surface area (Å²) in [6.07, 6.45) is 4.12. The third kappa shape index (κ3) is 2.57. The molecule has 0 radical (unpaired) electrons. The lowest BCUT2D eigenvalue weighted by molar-refractivity contribution is -0.134. The first-order chi connectivity index (χ1) is 11.1. The zero-order valence-corrected chi connectivity index (χ0v) is 13.7. The first kappa shape index (κ1) is 15.1. The Morgan fingerprint density at radius 1 is 1.30 bits per heavy atom. The summed E-state index contributed by atoms with van der Waals surface area (Å²) in [4.78, 5) is 15.1. The summed E-state index contributed by atoms with van der Waals surface area (Å²) in [6.45, 7) is 4.98. The molecular formula is C19H25FN2O. The van der Waals surface area contributed by atoms with Crippen molar-refractivity contribution < 1.29 is 9.18 Å². The molecule has 0 aromatic heterocycles. The number of rotatable bonds is 2. The number of hydrogen-bond donors (Lipinski definition) is 1. The molecule has 1 amide bonds. The highest BCUT2D eigenvalue weighted by molar-refractivity contribution is 5.83. The summed E-state index contributed by atoms with van der Waals surface area (Å²) >= 11 is 0. The van der Waals surface area contributed by atoms with E-state index in [0.29, 0.717) is 11.5 Å². The number of piperidine rings is 1. The SMILES string of the molecule is CC1CC(c2ccccc2F)N(C(=O)C2CC23CCNCC3)C1. The van der Waals surface area contributed by atoms with E-state index in [0.717, 1.165) is 45.3 Å². The fraction of sp³-hybridized carbons (Fsp3) is 0.632. The van der Waals surface area contributed by atoms with Gasteiger partial charge >= 0.3 is 0 Å². The summed E-state index contributed by atoms with van der Waals surface area (Å²) in [5.74, 6) is 0.691. The number of nitrogens with one attached hydrogen (secondary N) is 1.